The molecule has 0 N–H and O–H groups in total. The maximum Gasteiger partial charge on any atom is 0.344 e. The van der Waals surface area contributed by atoms with E-state index in [9.17, 15) is 9.59 Å². The lowest BCUT2D eigenvalue weighted by Crippen LogP contribution is -2.37. The SMILES string of the molecule is COc1ccc2cc([C@H](C)C(=O)OCC(=O)O[C@@H]3C[C@@H](C)CC[C@@H]3C(C)C)ccc2c1. The van der Waals surface area contributed by atoms with Crippen molar-refractivity contribution in [2.45, 2.75) is 59.0 Å². The highest BCUT2D eigenvalue weighted by Crippen LogP contribution is 2.35. The highest BCUT2D eigenvalue weighted by atomic mass is 16.6. The van der Waals surface area contributed by atoms with Gasteiger partial charge in [0.1, 0.15) is 11.9 Å². The summed E-state index contributed by atoms with van der Waals surface area (Å²) in [4.78, 5) is 24.9. The van der Waals surface area contributed by atoms with E-state index in [0.717, 1.165) is 34.9 Å². The lowest BCUT2D eigenvalue weighted by atomic mass is 9.75. The van der Waals surface area contributed by atoms with Gasteiger partial charge in [-0.25, -0.2) is 4.79 Å². The van der Waals surface area contributed by atoms with Crippen LogP contribution >= 0.6 is 0 Å². The van der Waals surface area contributed by atoms with Crippen molar-refractivity contribution in [2.24, 2.45) is 17.8 Å². The van der Waals surface area contributed by atoms with E-state index in [4.69, 9.17) is 14.2 Å². The zero-order valence-corrected chi connectivity index (χ0v) is 19.2. The van der Waals surface area contributed by atoms with Crippen LogP contribution in [0, 0.1) is 17.8 Å². The van der Waals surface area contributed by atoms with Crippen LogP contribution in [0.15, 0.2) is 36.4 Å². The molecular weight excluding hydrogens is 392 g/mol. The Hall–Kier alpha value is -2.56. The number of carbonyl (C=O) groups is 2. The first kappa shape index (κ1) is 23.1. The minimum absolute atomic E-state index is 0.0927. The topological polar surface area (TPSA) is 61.8 Å². The molecule has 5 nitrogen and oxygen atoms in total. The molecule has 2 aromatic carbocycles. The van der Waals surface area contributed by atoms with Crippen molar-refractivity contribution in [3.05, 3.63) is 42.0 Å². The van der Waals surface area contributed by atoms with Crippen molar-refractivity contribution in [3.8, 4) is 5.75 Å². The molecule has 1 aliphatic rings. The minimum Gasteiger partial charge on any atom is -0.497 e. The molecule has 1 fully saturated rings. The van der Waals surface area contributed by atoms with Crippen LogP contribution in [0.25, 0.3) is 10.8 Å². The van der Waals surface area contributed by atoms with Crippen LogP contribution in [0.5, 0.6) is 5.75 Å². The molecule has 0 aromatic heterocycles. The second kappa shape index (κ2) is 10.2. The molecule has 2 aromatic rings. The number of carbonyl (C=O) groups excluding carboxylic acids is 2. The number of hydrogen-bond donors (Lipinski definition) is 0. The van der Waals surface area contributed by atoms with E-state index in [1.54, 1.807) is 14.0 Å². The Bertz CT molecular complexity index is 919. The molecule has 31 heavy (non-hydrogen) atoms. The molecule has 1 saturated carbocycles. The lowest BCUT2D eigenvalue weighted by molar-refractivity contribution is -0.167. The molecule has 0 amide bonds. The van der Waals surface area contributed by atoms with E-state index in [2.05, 4.69) is 20.8 Å². The largest absolute Gasteiger partial charge is 0.497 e. The van der Waals surface area contributed by atoms with Crippen molar-refractivity contribution < 1.29 is 23.8 Å². The molecule has 4 atom stereocenters. The highest BCUT2D eigenvalue weighted by molar-refractivity contribution is 5.87. The quantitative estimate of drug-likeness (QED) is 0.547. The average Bonchev–Trinajstić information content (AvgIpc) is 2.76. The summed E-state index contributed by atoms with van der Waals surface area (Å²) in [7, 11) is 1.64. The molecule has 0 radical (unpaired) electrons. The Morgan fingerprint density at radius 2 is 1.74 bits per heavy atom. The summed E-state index contributed by atoms with van der Waals surface area (Å²) in [6.45, 7) is 7.98. The number of hydrogen-bond acceptors (Lipinski definition) is 5. The van der Waals surface area contributed by atoms with Gasteiger partial charge in [0.2, 0.25) is 0 Å². The molecule has 0 spiro atoms. The first-order valence-electron chi connectivity index (χ1n) is 11.2. The Labute approximate surface area is 185 Å². The van der Waals surface area contributed by atoms with Crippen molar-refractivity contribution >= 4 is 22.7 Å². The summed E-state index contributed by atoms with van der Waals surface area (Å²) < 4.78 is 16.3. The predicted molar refractivity (Wildman–Crippen MR) is 121 cm³/mol. The molecule has 3 rings (SSSR count). The number of rotatable bonds is 7. The van der Waals surface area contributed by atoms with Gasteiger partial charge in [-0.3, -0.25) is 4.79 Å². The van der Waals surface area contributed by atoms with Gasteiger partial charge in [-0.15, -0.1) is 0 Å². The van der Waals surface area contributed by atoms with Crippen LogP contribution in [0.1, 0.15) is 58.4 Å². The smallest absolute Gasteiger partial charge is 0.344 e. The maximum absolute atomic E-state index is 12.6. The van der Waals surface area contributed by atoms with E-state index in [-0.39, 0.29) is 12.7 Å². The zero-order chi connectivity index (χ0) is 22.5. The lowest BCUT2D eigenvalue weighted by Gasteiger charge is -2.36. The average molecular weight is 427 g/mol. The number of fused-ring (bicyclic) bond motifs is 1. The van der Waals surface area contributed by atoms with Gasteiger partial charge in [-0.2, -0.15) is 0 Å². The monoisotopic (exact) mass is 426 g/mol. The Kier molecular flexibility index (Phi) is 7.58. The van der Waals surface area contributed by atoms with Crippen molar-refractivity contribution in [1.29, 1.82) is 0 Å². The fraction of sp³-hybridized carbons (Fsp3) is 0.538. The van der Waals surface area contributed by atoms with Gasteiger partial charge in [0.25, 0.3) is 0 Å². The van der Waals surface area contributed by atoms with E-state index < -0.39 is 17.9 Å². The van der Waals surface area contributed by atoms with E-state index in [1.807, 2.05) is 36.4 Å². The number of methoxy groups -OCH3 is 1. The molecule has 5 heteroatoms. The van der Waals surface area contributed by atoms with Crippen LogP contribution in [-0.4, -0.2) is 31.8 Å². The molecule has 0 bridgehead atoms. The normalized spacial score (nSPS) is 22.2. The minimum atomic E-state index is -0.475. The second-order valence-corrected chi connectivity index (χ2v) is 9.16. The molecule has 0 aliphatic heterocycles. The van der Waals surface area contributed by atoms with Crippen molar-refractivity contribution in [3.63, 3.8) is 0 Å². The fourth-order valence-corrected chi connectivity index (χ4v) is 4.48. The van der Waals surface area contributed by atoms with Gasteiger partial charge in [0.05, 0.1) is 13.0 Å². The van der Waals surface area contributed by atoms with Gasteiger partial charge in [0.15, 0.2) is 6.61 Å². The second-order valence-electron chi connectivity index (χ2n) is 9.16. The van der Waals surface area contributed by atoms with Crippen LogP contribution in [0.4, 0.5) is 0 Å². The fourth-order valence-electron chi connectivity index (χ4n) is 4.48. The van der Waals surface area contributed by atoms with Gasteiger partial charge in [0, 0.05) is 0 Å². The number of benzene rings is 2. The van der Waals surface area contributed by atoms with Crippen LogP contribution in [0.2, 0.25) is 0 Å². The zero-order valence-electron chi connectivity index (χ0n) is 19.2. The third kappa shape index (κ3) is 5.78. The maximum atomic E-state index is 12.6. The van der Waals surface area contributed by atoms with Gasteiger partial charge >= 0.3 is 11.9 Å². The molecule has 0 unspecified atom stereocenters. The van der Waals surface area contributed by atoms with Crippen molar-refractivity contribution in [2.75, 3.05) is 13.7 Å². The van der Waals surface area contributed by atoms with E-state index in [1.165, 1.54) is 6.42 Å². The third-order valence-electron chi connectivity index (χ3n) is 6.50. The van der Waals surface area contributed by atoms with E-state index in [0.29, 0.717) is 17.8 Å². The molecule has 168 valence electrons. The summed E-state index contributed by atoms with van der Waals surface area (Å²) in [5, 5.41) is 2.05. The first-order chi connectivity index (χ1) is 14.8. The van der Waals surface area contributed by atoms with Crippen LogP contribution in [-0.2, 0) is 19.1 Å². The third-order valence-corrected chi connectivity index (χ3v) is 6.50. The number of ether oxygens (including phenoxy) is 3. The van der Waals surface area contributed by atoms with Crippen LogP contribution in [0.3, 0.4) is 0 Å². The predicted octanol–water partition coefficient (Wildman–Crippen LogP) is 5.50. The highest BCUT2D eigenvalue weighted by Gasteiger charge is 2.33. The van der Waals surface area contributed by atoms with Crippen molar-refractivity contribution in [1.82, 2.24) is 0 Å². The van der Waals surface area contributed by atoms with Gasteiger partial charge in [-0.1, -0.05) is 51.5 Å². The Morgan fingerprint density at radius 1 is 1.03 bits per heavy atom. The number of esters is 2. The van der Waals surface area contributed by atoms with E-state index >= 15 is 0 Å². The molecule has 0 saturated heterocycles. The summed E-state index contributed by atoms with van der Waals surface area (Å²) in [5.41, 5.74) is 0.844. The summed E-state index contributed by atoms with van der Waals surface area (Å²) in [6, 6.07) is 11.6. The van der Waals surface area contributed by atoms with Gasteiger partial charge in [-0.05, 0) is 66.0 Å². The van der Waals surface area contributed by atoms with Gasteiger partial charge < -0.3 is 14.2 Å². The molecule has 1 aliphatic carbocycles. The first-order valence-corrected chi connectivity index (χ1v) is 11.2. The summed E-state index contributed by atoms with van der Waals surface area (Å²) in [6.07, 6.45) is 3.02. The molecular formula is C26H34O5. The van der Waals surface area contributed by atoms with Crippen LogP contribution < -0.4 is 4.74 Å². The summed E-state index contributed by atoms with van der Waals surface area (Å²) in [5.74, 6) is 0.795. The molecule has 0 heterocycles. The standard InChI is InChI=1S/C26H34O5/c1-16(2)23-11-6-17(3)12-24(23)31-25(27)15-30-26(28)18(4)19-7-8-21-14-22(29-5)10-9-20(21)13-19/h7-10,13-14,16-18,23-24H,6,11-12,15H2,1-5H3/t17-,18-,23+,24+/m0/s1. The Morgan fingerprint density at radius 3 is 2.45 bits per heavy atom. The summed E-state index contributed by atoms with van der Waals surface area (Å²) >= 11 is 0. The Balaban J connectivity index is 1.57.